The number of aryl methyl sites for hydroxylation is 2. The number of unbranched alkanes of at least 4 members (excludes halogenated alkanes) is 9. The Labute approximate surface area is 220 Å². The molecule has 37 heavy (non-hydrogen) atoms. The Morgan fingerprint density at radius 2 is 1.22 bits per heavy atom. The van der Waals surface area contributed by atoms with Crippen LogP contribution in [-0.4, -0.2) is 0 Å². The van der Waals surface area contributed by atoms with E-state index in [9.17, 15) is 4.79 Å². The second-order valence-corrected chi connectivity index (χ2v) is 10.4. The molecule has 0 fully saturated rings. The summed E-state index contributed by atoms with van der Waals surface area (Å²) in [6.07, 6.45) is 15.1. The lowest BCUT2D eigenvalue weighted by molar-refractivity contribution is 0.521. The number of hydrogen-bond acceptors (Lipinski definition) is 2. The molecule has 0 spiro atoms. The lowest BCUT2D eigenvalue weighted by Gasteiger charge is -2.10. The van der Waals surface area contributed by atoms with Crippen molar-refractivity contribution in [2.24, 2.45) is 0 Å². The Balaban J connectivity index is 1.51. The molecule has 1 heterocycles. The average Bonchev–Trinajstić information content (AvgIpc) is 2.92. The highest BCUT2D eigenvalue weighted by atomic mass is 19.1. The molecule has 0 saturated heterocycles. The fourth-order valence-corrected chi connectivity index (χ4v) is 5.27. The maximum Gasteiger partial charge on any atom is 0.344 e. The van der Waals surface area contributed by atoms with Crippen LogP contribution < -0.4 is 5.63 Å². The van der Waals surface area contributed by atoms with Crippen LogP contribution >= 0.6 is 0 Å². The monoisotopic (exact) mass is 500 g/mol. The van der Waals surface area contributed by atoms with E-state index >= 15 is 4.39 Å². The third-order valence-corrected chi connectivity index (χ3v) is 7.56. The van der Waals surface area contributed by atoms with Crippen LogP contribution in [0.25, 0.3) is 32.9 Å². The molecule has 3 aromatic carbocycles. The topological polar surface area (TPSA) is 30.2 Å². The Morgan fingerprint density at radius 1 is 0.622 bits per heavy atom. The highest BCUT2D eigenvalue weighted by Crippen LogP contribution is 2.30. The van der Waals surface area contributed by atoms with E-state index in [1.165, 1.54) is 63.4 Å². The van der Waals surface area contributed by atoms with Crippen LogP contribution in [0, 0.1) is 5.82 Å². The van der Waals surface area contributed by atoms with E-state index in [0.29, 0.717) is 22.8 Å². The zero-order chi connectivity index (χ0) is 26.0. The quantitative estimate of drug-likeness (QED) is 0.0979. The van der Waals surface area contributed by atoms with E-state index in [1.807, 2.05) is 30.3 Å². The summed E-state index contributed by atoms with van der Waals surface area (Å²) in [6, 6.07) is 18.2. The van der Waals surface area contributed by atoms with E-state index in [0.717, 1.165) is 35.8 Å². The predicted molar refractivity (Wildman–Crippen MR) is 155 cm³/mol. The van der Waals surface area contributed by atoms with Gasteiger partial charge >= 0.3 is 5.63 Å². The second-order valence-electron chi connectivity index (χ2n) is 10.4. The van der Waals surface area contributed by atoms with Crippen molar-refractivity contribution in [3.63, 3.8) is 0 Å². The highest BCUT2D eigenvalue weighted by molar-refractivity contribution is 6.05. The highest BCUT2D eigenvalue weighted by Gasteiger charge is 2.15. The van der Waals surface area contributed by atoms with Crippen molar-refractivity contribution in [1.29, 1.82) is 0 Å². The van der Waals surface area contributed by atoms with Gasteiger partial charge in [-0.3, -0.25) is 0 Å². The zero-order valence-electron chi connectivity index (χ0n) is 22.6. The van der Waals surface area contributed by atoms with Crippen molar-refractivity contribution in [2.45, 2.75) is 97.3 Å². The standard InChI is InChI=1S/C34H41FO2/c1-3-5-7-9-11-13-15-27-20-23-30-29-22-21-28(24-31(29)34(36)37-33(30)32(27)35)26-18-16-25(17-19-26)14-12-10-8-6-4-2/h16-24H,3-15H2,1-2H3. The van der Waals surface area contributed by atoms with Gasteiger partial charge in [-0.25, -0.2) is 9.18 Å². The summed E-state index contributed by atoms with van der Waals surface area (Å²) >= 11 is 0. The lowest BCUT2D eigenvalue weighted by Crippen LogP contribution is -2.03. The fraction of sp³-hybridized carbons (Fsp3) is 0.441. The molecule has 0 aliphatic rings. The van der Waals surface area contributed by atoms with Crippen molar-refractivity contribution in [2.75, 3.05) is 0 Å². The first-order chi connectivity index (χ1) is 18.1. The molecule has 4 rings (SSSR count). The van der Waals surface area contributed by atoms with Gasteiger partial charge in [0.25, 0.3) is 0 Å². The van der Waals surface area contributed by atoms with E-state index < -0.39 is 5.63 Å². The van der Waals surface area contributed by atoms with Gasteiger partial charge in [0.15, 0.2) is 11.4 Å². The van der Waals surface area contributed by atoms with Crippen LogP contribution in [0.1, 0.15) is 95.6 Å². The summed E-state index contributed by atoms with van der Waals surface area (Å²) < 4.78 is 20.9. The fourth-order valence-electron chi connectivity index (χ4n) is 5.27. The lowest BCUT2D eigenvalue weighted by atomic mass is 9.97. The molecule has 0 unspecified atom stereocenters. The summed E-state index contributed by atoms with van der Waals surface area (Å²) in [6.45, 7) is 4.45. The Kier molecular flexibility index (Phi) is 9.93. The maximum atomic E-state index is 15.3. The third-order valence-electron chi connectivity index (χ3n) is 7.56. The molecule has 0 radical (unpaired) electrons. The smallest absolute Gasteiger partial charge is 0.344 e. The van der Waals surface area contributed by atoms with Gasteiger partial charge in [0.2, 0.25) is 0 Å². The van der Waals surface area contributed by atoms with Crippen LogP contribution in [0.4, 0.5) is 4.39 Å². The Bertz CT molecular complexity index is 1350. The van der Waals surface area contributed by atoms with E-state index in [1.54, 1.807) is 0 Å². The first-order valence-electron chi connectivity index (χ1n) is 14.4. The normalized spacial score (nSPS) is 11.5. The molecule has 2 nitrogen and oxygen atoms in total. The molecular formula is C34H41FO2. The summed E-state index contributed by atoms with van der Waals surface area (Å²) in [4.78, 5) is 12.9. The van der Waals surface area contributed by atoms with E-state index in [-0.39, 0.29) is 11.4 Å². The zero-order valence-corrected chi connectivity index (χ0v) is 22.6. The van der Waals surface area contributed by atoms with E-state index in [2.05, 4.69) is 38.1 Å². The molecule has 0 aliphatic carbocycles. The molecule has 0 aliphatic heterocycles. The van der Waals surface area contributed by atoms with Crippen LogP contribution in [0.15, 0.2) is 63.8 Å². The number of halogens is 1. The molecule has 0 atom stereocenters. The molecule has 4 aromatic rings. The molecule has 0 amide bonds. The van der Waals surface area contributed by atoms with Crippen molar-refractivity contribution in [3.8, 4) is 11.1 Å². The van der Waals surface area contributed by atoms with Gasteiger partial charge in [-0.2, -0.15) is 0 Å². The number of benzene rings is 3. The van der Waals surface area contributed by atoms with Gasteiger partial charge in [0, 0.05) is 10.8 Å². The van der Waals surface area contributed by atoms with Gasteiger partial charge in [-0.1, -0.05) is 120 Å². The molecule has 3 heteroatoms. The van der Waals surface area contributed by atoms with Crippen molar-refractivity contribution >= 4 is 21.7 Å². The molecule has 0 N–H and O–H groups in total. The van der Waals surface area contributed by atoms with Gasteiger partial charge in [-0.05, 0) is 54.0 Å². The van der Waals surface area contributed by atoms with Crippen LogP contribution in [0.2, 0.25) is 0 Å². The third kappa shape index (κ3) is 6.89. The number of rotatable bonds is 14. The predicted octanol–water partition coefficient (Wildman–Crippen LogP) is 10.2. The minimum atomic E-state index is -0.483. The SMILES string of the molecule is CCCCCCCCc1ccc2c(oc(=O)c3cc(-c4ccc(CCCCCCC)cc4)ccc32)c1F. The van der Waals surface area contributed by atoms with Crippen molar-refractivity contribution in [3.05, 3.63) is 82.0 Å². The first kappa shape index (κ1) is 27.1. The number of fused-ring (bicyclic) bond motifs is 3. The maximum absolute atomic E-state index is 15.3. The molecule has 196 valence electrons. The largest absolute Gasteiger partial charge is 0.419 e. The molecular weight excluding hydrogens is 459 g/mol. The minimum absolute atomic E-state index is 0.0806. The Morgan fingerprint density at radius 3 is 1.92 bits per heavy atom. The summed E-state index contributed by atoms with van der Waals surface area (Å²) in [5, 5.41) is 1.89. The van der Waals surface area contributed by atoms with Crippen LogP contribution in [0.3, 0.4) is 0 Å². The van der Waals surface area contributed by atoms with Crippen molar-refractivity contribution < 1.29 is 8.81 Å². The van der Waals surface area contributed by atoms with Gasteiger partial charge in [0.1, 0.15) is 0 Å². The molecule has 0 saturated carbocycles. The summed E-state index contributed by atoms with van der Waals surface area (Å²) in [7, 11) is 0. The first-order valence-corrected chi connectivity index (χ1v) is 14.4. The average molecular weight is 501 g/mol. The Hall–Kier alpha value is -2.94. The minimum Gasteiger partial charge on any atom is -0.419 e. The molecule has 0 bridgehead atoms. The van der Waals surface area contributed by atoms with Gasteiger partial charge in [0.05, 0.1) is 5.39 Å². The summed E-state index contributed by atoms with van der Waals surface area (Å²) in [5.41, 5.74) is 3.61. The molecule has 1 aromatic heterocycles. The second kappa shape index (κ2) is 13.6. The van der Waals surface area contributed by atoms with Crippen molar-refractivity contribution in [1.82, 2.24) is 0 Å². The van der Waals surface area contributed by atoms with E-state index in [4.69, 9.17) is 4.42 Å². The number of hydrogen-bond donors (Lipinski definition) is 0. The van der Waals surface area contributed by atoms with Gasteiger partial charge < -0.3 is 4.42 Å². The van der Waals surface area contributed by atoms with Crippen LogP contribution in [-0.2, 0) is 12.8 Å². The van der Waals surface area contributed by atoms with Crippen LogP contribution in [0.5, 0.6) is 0 Å². The van der Waals surface area contributed by atoms with Gasteiger partial charge in [-0.15, -0.1) is 0 Å². The summed E-state index contributed by atoms with van der Waals surface area (Å²) in [5.74, 6) is -0.389.